The summed E-state index contributed by atoms with van der Waals surface area (Å²) in [7, 11) is 1.29. The van der Waals surface area contributed by atoms with Crippen molar-refractivity contribution in [1.82, 2.24) is 9.76 Å². The van der Waals surface area contributed by atoms with Crippen molar-refractivity contribution in [2.45, 2.75) is 19.9 Å². The predicted molar refractivity (Wildman–Crippen MR) is 79.2 cm³/mol. The Morgan fingerprint density at radius 3 is 2.42 bits per heavy atom. The van der Waals surface area contributed by atoms with Crippen LogP contribution in [0.15, 0.2) is 25.3 Å². The Bertz CT molecular complexity index is 374. The molecule has 5 nitrogen and oxygen atoms in total. The molecule has 0 aliphatic heterocycles. The summed E-state index contributed by atoms with van der Waals surface area (Å²) >= 11 is 6.07. The molecule has 7 heteroatoms. The highest BCUT2D eigenvalue weighted by Gasteiger charge is 2.39. The smallest absolute Gasteiger partial charge is 0.323 e. The SMILES string of the molecule is C=CCNP(=O)(Cl)N(CC=C)[C@H](C(=O)OC)C(C)C. The van der Waals surface area contributed by atoms with Gasteiger partial charge < -0.3 is 4.74 Å². The zero-order chi connectivity index (χ0) is 15.1. The van der Waals surface area contributed by atoms with Gasteiger partial charge in [-0.1, -0.05) is 26.0 Å². The zero-order valence-corrected chi connectivity index (χ0v) is 13.3. The Hall–Kier alpha value is -0.610. The fraction of sp³-hybridized carbons (Fsp3) is 0.583. The van der Waals surface area contributed by atoms with Crippen molar-refractivity contribution in [2.75, 3.05) is 20.2 Å². The number of hydrogen-bond donors (Lipinski definition) is 1. The van der Waals surface area contributed by atoms with Crippen LogP contribution in [0.2, 0.25) is 0 Å². The van der Waals surface area contributed by atoms with Crippen molar-refractivity contribution >= 4 is 24.0 Å². The molecule has 0 heterocycles. The second-order valence-corrected chi connectivity index (χ2v) is 7.48. The van der Waals surface area contributed by atoms with Crippen molar-refractivity contribution in [3.8, 4) is 0 Å². The van der Waals surface area contributed by atoms with Crippen LogP contribution in [0.5, 0.6) is 0 Å². The van der Waals surface area contributed by atoms with Gasteiger partial charge in [-0.15, -0.1) is 13.2 Å². The van der Waals surface area contributed by atoms with Crippen molar-refractivity contribution in [3.63, 3.8) is 0 Å². The van der Waals surface area contributed by atoms with Gasteiger partial charge >= 0.3 is 12.8 Å². The Kier molecular flexibility index (Phi) is 8.26. The molecule has 0 spiro atoms. The van der Waals surface area contributed by atoms with Crippen LogP contribution in [-0.2, 0) is 14.1 Å². The van der Waals surface area contributed by atoms with E-state index in [0.717, 1.165) is 0 Å². The fourth-order valence-electron chi connectivity index (χ4n) is 1.64. The van der Waals surface area contributed by atoms with Crippen LogP contribution in [0.3, 0.4) is 0 Å². The summed E-state index contributed by atoms with van der Waals surface area (Å²) < 4.78 is 18.7. The van der Waals surface area contributed by atoms with Gasteiger partial charge in [-0.05, 0) is 17.2 Å². The number of methoxy groups -OCH3 is 1. The first kappa shape index (κ1) is 18.4. The van der Waals surface area contributed by atoms with Crippen LogP contribution in [0.25, 0.3) is 0 Å². The lowest BCUT2D eigenvalue weighted by Gasteiger charge is -2.34. The van der Waals surface area contributed by atoms with E-state index in [1.165, 1.54) is 11.8 Å². The molecule has 0 aromatic carbocycles. The molecule has 0 saturated carbocycles. The van der Waals surface area contributed by atoms with Gasteiger partial charge in [0.25, 0.3) is 0 Å². The molecular weight excluding hydrogens is 287 g/mol. The normalized spacial score (nSPS) is 15.9. The Morgan fingerprint density at radius 1 is 1.47 bits per heavy atom. The van der Waals surface area contributed by atoms with Gasteiger partial charge in [-0.2, -0.15) is 0 Å². The van der Waals surface area contributed by atoms with E-state index in [2.05, 4.69) is 18.2 Å². The van der Waals surface area contributed by atoms with Gasteiger partial charge in [0, 0.05) is 13.1 Å². The van der Waals surface area contributed by atoms with Crippen molar-refractivity contribution < 1.29 is 14.1 Å². The average Bonchev–Trinajstić information content (AvgIpc) is 2.35. The van der Waals surface area contributed by atoms with E-state index in [-0.39, 0.29) is 19.0 Å². The molecule has 0 aliphatic rings. The first-order valence-corrected chi connectivity index (χ1v) is 8.49. The van der Waals surface area contributed by atoms with E-state index in [4.69, 9.17) is 16.0 Å². The maximum Gasteiger partial charge on any atom is 0.323 e. The van der Waals surface area contributed by atoms with Crippen LogP contribution in [0.1, 0.15) is 13.8 Å². The van der Waals surface area contributed by atoms with E-state index in [9.17, 15) is 9.36 Å². The van der Waals surface area contributed by atoms with E-state index in [1.807, 2.05) is 13.8 Å². The number of ether oxygens (including phenoxy) is 1. The van der Waals surface area contributed by atoms with E-state index >= 15 is 0 Å². The maximum absolute atomic E-state index is 12.5. The summed E-state index contributed by atoms with van der Waals surface area (Å²) in [6.45, 7) is 7.89. The van der Waals surface area contributed by atoms with Gasteiger partial charge in [0.15, 0.2) is 0 Å². The highest BCUT2D eigenvalue weighted by molar-refractivity contribution is 7.85. The number of nitrogens with zero attached hydrogens (tertiary/aromatic N) is 1. The van der Waals surface area contributed by atoms with E-state index < -0.39 is 18.8 Å². The highest BCUT2D eigenvalue weighted by atomic mass is 35.7. The van der Waals surface area contributed by atoms with E-state index in [0.29, 0.717) is 0 Å². The summed E-state index contributed by atoms with van der Waals surface area (Å²) in [5.41, 5.74) is 0. The molecule has 0 aromatic heterocycles. The molecule has 0 bridgehead atoms. The molecule has 0 rings (SSSR count). The summed E-state index contributed by atoms with van der Waals surface area (Å²) in [5.74, 6) is -0.580. The van der Waals surface area contributed by atoms with Gasteiger partial charge in [-0.25, -0.2) is 9.76 Å². The second-order valence-electron chi connectivity index (χ2n) is 4.28. The monoisotopic (exact) mass is 308 g/mol. The van der Waals surface area contributed by atoms with Gasteiger partial charge in [-0.3, -0.25) is 9.36 Å². The third kappa shape index (κ3) is 5.49. The Balaban J connectivity index is 5.34. The van der Waals surface area contributed by atoms with Crippen LogP contribution in [0.4, 0.5) is 0 Å². The molecule has 110 valence electrons. The molecule has 0 aromatic rings. The number of rotatable bonds is 9. The fourth-order valence-corrected chi connectivity index (χ4v) is 3.85. The molecule has 0 aliphatic carbocycles. The third-order valence-electron chi connectivity index (χ3n) is 2.47. The highest BCUT2D eigenvalue weighted by Crippen LogP contribution is 2.52. The van der Waals surface area contributed by atoms with E-state index in [1.54, 1.807) is 12.2 Å². The molecule has 0 radical (unpaired) electrons. The Labute approximate surface area is 119 Å². The first-order chi connectivity index (χ1) is 8.81. The summed E-state index contributed by atoms with van der Waals surface area (Å²) in [4.78, 5) is 11.9. The number of carbonyl (C=O) groups excluding carboxylic acids is 1. The summed E-state index contributed by atoms with van der Waals surface area (Å²) in [6.07, 6.45) is 3.09. The third-order valence-corrected chi connectivity index (χ3v) is 5.06. The molecule has 0 amide bonds. The molecule has 19 heavy (non-hydrogen) atoms. The molecule has 1 N–H and O–H groups in total. The minimum atomic E-state index is -3.40. The zero-order valence-electron chi connectivity index (χ0n) is 11.6. The lowest BCUT2D eigenvalue weighted by Crippen LogP contribution is -2.44. The molecule has 0 saturated heterocycles. The topological polar surface area (TPSA) is 58.6 Å². The second kappa shape index (κ2) is 8.54. The minimum absolute atomic E-state index is 0.106. The largest absolute Gasteiger partial charge is 0.468 e. The standard InChI is InChI=1S/C12H22ClN2O3P/c1-6-8-14-19(13,17)15(9-7-2)11(10(3)4)12(16)18-5/h6-7,10-11H,1-2,8-9H2,3-5H3,(H,14,17)/t11-,19?/m0/s1. The van der Waals surface area contributed by atoms with Crippen LogP contribution < -0.4 is 5.09 Å². The van der Waals surface area contributed by atoms with Crippen molar-refractivity contribution in [2.24, 2.45) is 5.92 Å². The van der Waals surface area contributed by atoms with Crippen LogP contribution in [0, 0.1) is 5.92 Å². The first-order valence-electron chi connectivity index (χ1n) is 5.93. The van der Waals surface area contributed by atoms with Gasteiger partial charge in [0.1, 0.15) is 6.04 Å². The summed E-state index contributed by atoms with van der Waals surface area (Å²) in [5, 5.41) is 2.68. The predicted octanol–water partition coefficient (Wildman–Crippen LogP) is 2.79. The summed E-state index contributed by atoms with van der Waals surface area (Å²) in [6, 6.07) is -0.705. The molecular formula is C12H22ClN2O3P. The minimum Gasteiger partial charge on any atom is -0.468 e. The molecule has 0 fully saturated rings. The van der Waals surface area contributed by atoms with Gasteiger partial charge in [0.2, 0.25) is 0 Å². The lowest BCUT2D eigenvalue weighted by atomic mass is 10.0. The number of nitrogens with one attached hydrogen (secondary N) is 1. The number of halogens is 1. The maximum atomic E-state index is 12.5. The quantitative estimate of drug-likeness (QED) is 0.403. The average molecular weight is 309 g/mol. The van der Waals surface area contributed by atoms with Gasteiger partial charge in [0.05, 0.1) is 7.11 Å². The van der Waals surface area contributed by atoms with Crippen molar-refractivity contribution in [1.29, 1.82) is 0 Å². The molecule has 1 unspecified atom stereocenters. The number of carbonyl (C=O) groups is 1. The number of esters is 1. The van der Waals surface area contributed by atoms with Crippen LogP contribution in [-0.4, -0.2) is 36.9 Å². The lowest BCUT2D eigenvalue weighted by molar-refractivity contribution is -0.146. The Morgan fingerprint density at radius 2 is 2.05 bits per heavy atom. The molecule has 2 atom stereocenters. The van der Waals surface area contributed by atoms with Crippen LogP contribution >= 0.6 is 18.0 Å². The van der Waals surface area contributed by atoms with Crippen molar-refractivity contribution in [3.05, 3.63) is 25.3 Å². The number of hydrogen-bond acceptors (Lipinski definition) is 3.